The summed E-state index contributed by atoms with van der Waals surface area (Å²) < 4.78 is 5.89. The van der Waals surface area contributed by atoms with Crippen LogP contribution in [0.5, 0.6) is 11.5 Å². The van der Waals surface area contributed by atoms with Gasteiger partial charge in [-0.05, 0) is 42.2 Å². The lowest BCUT2D eigenvalue weighted by Gasteiger charge is -2.14. The van der Waals surface area contributed by atoms with E-state index < -0.39 is 5.91 Å². The fourth-order valence-electron chi connectivity index (χ4n) is 2.03. The van der Waals surface area contributed by atoms with E-state index in [1.807, 2.05) is 19.1 Å². The van der Waals surface area contributed by atoms with Crippen LogP contribution in [-0.2, 0) is 0 Å². The lowest BCUT2D eigenvalue weighted by molar-refractivity contribution is 0.0998. The third-order valence-corrected chi connectivity index (χ3v) is 3.37. The van der Waals surface area contributed by atoms with Gasteiger partial charge in [-0.15, -0.1) is 0 Å². The quantitative estimate of drug-likeness (QED) is 0.842. The maximum atomic E-state index is 11.5. The van der Waals surface area contributed by atoms with Crippen molar-refractivity contribution in [2.24, 2.45) is 5.73 Å². The first-order chi connectivity index (χ1) is 9.88. The van der Waals surface area contributed by atoms with Gasteiger partial charge in [0.15, 0.2) is 0 Å². The third kappa shape index (κ3) is 3.34. The van der Waals surface area contributed by atoms with Gasteiger partial charge in [-0.25, -0.2) is 0 Å². The van der Waals surface area contributed by atoms with E-state index in [9.17, 15) is 4.79 Å². The van der Waals surface area contributed by atoms with Gasteiger partial charge in [-0.3, -0.25) is 4.79 Å². The molecule has 4 nitrogen and oxygen atoms in total. The first-order valence-corrected chi connectivity index (χ1v) is 6.86. The van der Waals surface area contributed by atoms with E-state index in [2.05, 4.69) is 19.9 Å². The molecule has 21 heavy (non-hydrogen) atoms. The highest BCUT2D eigenvalue weighted by atomic mass is 16.5. The molecule has 0 aliphatic rings. The van der Waals surface area contributed by atoms with Gasteiger partial charge in [0.2, 0.25) is 0 Å². The Morgan fingerprint density at radius 1 is 1.10 bits per heavy atom. The Morgan fingerprint density at radius 3 is 2.43 bits per heavy atom. The summed E-state index contributed by atoms with van der Waals surface area (Å²) in [5, 5.41) is 0. The minimum absolute atomic E-state index is 0.318. The van der Waals surface area contributed by atoms with Crippen molar-refractivity contribution in [3.63, 3.8) is 0 Å². The summed E-state index contributed by atoms with van der Waals surface area (Å²) in [6.45, 7) is 6.18. The summed E-state index contributed by atoms with van der Waals surface area (Å²) in [5.41, 5.74) is 14.1. The van der Waals surface area contributed by atoms with Crippen molar-refractivity contribution in [1.29, 1.82) is 0 Å². The number of anilines is 1. The maximum Gasteiger partial charge on any atom is 0.252 e. The molecule has 0 aromatic heterocycles. The number of nitrogens with two attached hydrogens (primary N) is 2. The number of aryl methyl sites for hydroxylation is 1. The number of primary amides is 1. The molecular formula is C17H20N2O2. The molecule has 0 saturated carbocycles. The Bertz CT molecular complexity index is 678. The van der Waals surface area contributed by atoms with Gasteiger partial charge in [-0.1, -0.05) is 26.0 Å². The van der Waals surface area contributed by atoms with E-state index in [0.29, 0.717) is 28.7 Å². The van der Waals surface area contributed by atoms with Crippen molar-refractivity contribution in [1.82, 2.24) is 0 Å². The van der Waals surface area contributed by atoms with Crippen LogP contribution in [0.2, 0.25) is 0 Å². The van der Waals surface area contributed by atoms with Crippen molar-refractivity contribution < 1.29 is 9.53 Å². The number of carbonyl (C=O) groups is 1. The molecule has 2 aromatic rings. The second-order valence-corrected chi connectivity index (χ2v) is 5.40. The Morgan fingerprint density at radius 2 is 1.81 bits per heavy atom. The highest BCUT2D eigenvalue weighted by molar-refractivity contribution is 5.96. The van der Waals surface area contributed by atoms with Gasteiger partial charge in [0.25, 0.3) is 5.91 Å². The number of carbonyl (C=O) groups excluding carboxylic acids is 1. The monoisotopic (exact) mass is 284 g/mol. The summed E-state index contributed by atoms with van der Waals surface area (Å²) in [5.74, 6) is 0.938. The smallest absolute Gasteiger partial charge is 0.252 e. The zero-order chi connectivity index (χ0) is 15.6. The van der Waals surface area contributed by atoms with Gasteiger partial charge < -0.3 is 16.2 Å². The van der Waals surface area contributed by atoms with E-state index in [-0.39, 0.29) is 0 Å². The van der Waals surface area contributed by atoms with E-state index >= 15 is 0 Å². The molecule has 0 radical (unpaired) electrons. The molecular weight excluding hydrogens is 264 g/mol. The van der Waals surface area contributed by atoms with Crippen LogP contribution < -0.4 is 16.2 Å². The third-order valence-electron chi connectivity index (χ3n) is 3.37. The highest BCUT2D eigenvalue weighted by Crippen LogP contribution is 2.31. The van der Waals surface area contributed by atoms with E-state index in [0.717, 1.165) is 5.56 Å². The normalized spacial score (nSPS) is 10.7. The Balaban J connectivity index is 2.44. The van der Waals surface area contributed by atoms with Crippen LogP contribution in [0.4, 0.5) is 5.69 Å². The fourth-order valence-corrected chi connectivity index (χ4v) is 2.03. The van der Waals surface area contributed by atoms with Crippen LogP contribution in [0.1, 0.15) is 41.3 Å². The Labute approximate surface area is 124 Å². The van der Waals surface area contributed by atoms with Crippen LogP contribution in [0.15, 0.2) is 36.4 Å². The average molecular weight is 284 g/mol. The summed E-state index contributed by atoms with van der Waals surface area (Å²) in [6, 6.07) is 10.9. The zero-order valence-electron chi connectivity index (χ0n) is 12.5. The number of amides is 1. The molecule has 0 saturated heterocycles. The molecule has 0 aliphatic carbocycles. The van der Waals surface area contributed by atoms with E-state index in [4.69, 9.17) is 16.2 Å². The van der Waals surface area contributed by atoms with Gasteiger partial charge in [0.1, 0.15) is 11.5 Å². The van der Waals surface area contributed by atoms with Crippen molar-refractivity contribution in [2.45, 2.75) is 26.7 Å². The van der Waals surface area contributed by atoms with Crippen LogP contribution in [-0.4, -0.2) is 5.91 Å². The molecule has 2 aromatic carbocycles. The molecule has 0 atom stereocenters. The molecule has 110 valence electrons. The predicted octanol–water partition coefficient (Wildman–Crippen LogP) is 3.59. The van der Waals surface area contributed by atoms with Crippen LogP contribution in [0.25, 0.3) is 0 Å². The highest BCUT2D eigenvalue weighted by Gasteiger charge is 2.13. The van der Waals surface area contributed by atoms with E-state index in [1.54, 1.807) is 18.2 Å². The minimum atomic E-state index is -0.539. The molecule has 0 fully saturated rings. The van der Waals surface area contributed by atoms with Crippen LogP contribution >= 0.6 is 0 Å². The van der Waals surface area contributed by atoms with Crippen LogP contribution in [0, 0.1) is 6.92 Å². The Kier molecular flexibility index (Phi) is 4.17. The molecule has 0 unspecified atom stereocenters. The maximum absolute atomic E-state index is 11.5. The molecule has 0 aliphatic heterocycles. The number of benzene rings is 2. The lowest BCUT2D eigenvalue weighted by atomic mass is 10.0. The van der Waals surface area contributed by atoms with E-state index in [1.165, 1.54) is 5.56 Å². The van der Waals surface area contributed by atoms with Crippen LogP contribution in [0.3, 0.4) is 0 Å². The van der Waals surface area contributed by atoms with Crippen molar-refractivity contribution in [2.75, 3.05) is 5.73 Å². The predicted molar refractivity (Wildman–Crippen MR) is 84.7 cm³/mol. The summed E-state index contributed by atoms with van der Waals surface area (Å²) in [4.78, 5) is 11.5. The fraction of sp³-hybridized carbons (Fsp3) is 0.235. The van der Waals surface area contributed by atoms with Gasteiger partial charge in [-0.2, -0.15) is 0 Å². The standard InChI is InChI=1S/C17H20N2O2/c1-10(2)12-5-4-11(3)15(8-12)21-16-9-13(18)6-7-14(16)17(19)20/h4-10H,18H2,1-3H3,(H2,19,20). The minimum Gasteiger partial charge on any atom is -0.456 e. The number of hydrogen-bond acceptors (Lipinski definition) is 3. The van der Waals surface area contributed by atoms with Crippen molar-refractivity contribution >= 4 is 11.6 Å². The molecule has 1 amide bonds. The number of hydrogen-bond donors (Lipinski definition) is 2. The topological polar surface area (TPSA) is 78.3 Å². The summed E-state index contributed by atoms with van der Waals surface area (Å²) in [7, 11) is 0. The second kappa shape index (κ2) is 5.87. The molecule has 0 heterocycles. The molecule has 4 heteroatoms. The SMILES string of the molecule is Cc1ccc(C(C)C)cc1Oc1cc(N)ccc1C(N)=O. The largest absolute Gasteiger partial charge is 0.456 e. The second-order valence-electron chi connectivity index (χ2n) is 5.40. The first-order valence-electron chi connectivity index (χ1n) is 6.86. The zero-order valence-corrected chi connectivity index (χ0v) is 12.5. The Hall–Kier alpha value is -2.49. The molecule has 0 spiro atoms. The molecule has 2 rings (SSSR count). The molecule has 4 N–H and O–H groups in total. The van der Waals surface area contributed by atoms with Gasteiger partial charge >= 0.3 is 0 Å². The number of rotatable bonds is 4. The number of ether oxygens (including phenoxy) is 1. The average Bonchev–Trinajstić information content (AvgIpc) is 2.40. The van der Waals surface area contributed by atoms with Gasteiger partial charge in [0.05, 0.1) is 5.56 Å². The van der Waals surface area contributed by atoms with Crippen molar-refractivity contribution in [3.8, 4) is 11.5 Å². The van der Waals surface area contributed by atoms with Gasteiger partial charge in [0, 0.05) is 11.8 Å². The van der Waals surface area contributed by atoms with Crippen molar-refractivity contribution in [3.05, 3.63) is 53.1 Å². The lowest BCUT2D eigenvalue weighted by Crippen LogP contribution is -2.12. The summed E-state index contributed by atoms with van der Waals surface area (Å²) in [6.07, 6.45) is 0. The molecule has 0 bridgehead atoms. The first kappa shape index (κ1) is 14.9. The summed E-state index contributed by atoms with van der Waals surface area (Å²) >= 11 is 0. The number of nitrogen functional groups attached to an aromatic ring is 1.